The van der Waals surface area contributed by atoms with E-state index in [-0.39, 0.29) is 10.9 Å². The molecule has 0 fully saturated rings. The van der Waals surface area contributed by atoms with Gasteiger partial charge in [0.05, 0.1) is 10.2 Å². The number of nitrogens with zero attached hydrogens (tertiary/aromatic N) is 1. The first kappa shape index (κ1) is 14.1. The molecule has 0 aliphatic rings. The monoisotopic (exact) mass is 300 g/mol. The Morgan fingerprint density at radius 3 is 2.89 bits per heavy atom. The summed E-state index contributed by atoms with van der Waals surface area (Å²) in [5.41, 5.74) is -1.44. The third kappa shape index (κ3) is 2.99. The van der Waals surface area contributed by atoms with E-state index in [1.807, 2.05) is 0 Å². The first-order chi connectivity index (χ1) is 9.05. The quantitative estimate of drug-likeness (QED) is 0.656. The molecule has 0 spiro atoms. The van der Waals surface area contributed by atoms with Crippen LogP contribution in [0.5, 0.6) is 0 Å². The van der Waals surface area contributed by atoms with E-state index in [0.29, 0.717) is 12.1 Å². The van der Waals surface area contributed by atoms with Crippen molar-refractivity contribution >= 4 is 31.4 Å². The second-order valence-corrected chi connectivity index (χ2v) is 7.13. The molecule has 4 nitrogen and oxygen atoms in total. The van der Waals surface area contributed by atoms with Gasteiger partial charge in [0.2, 0.25) is 19.7 Å². The SMILES string of the molecule is C=CCNCC(F)S(=O)(=O)c1nc2ccccc2s1. The van der Waals surface area contributed by atoms with Gasteiger partial charge in [-0.15, -0.1) is 17.9 Å². The number of rotatable bonds is 6. The van der Waals surface area contributed by atoms with E-state index in [9.17, 15) is 12.8 Å². The smallest absolute Gasteiger partial charge is 0.238 e. The summed E-state index contributed by atoms with van der Waals surface area (Å²) in [4.78, 5) is 3.98. The van der Waals surface area contributed by atoms with Crippen molar-refractivity contribution in [1.29, 1.82) is 0 Å². The van der Waals surface area contributed by atoms with Crippen molar-refractivity contribution in [3.05, 3.63) is 36.9 Å². The van der Waals surface area contributed by atoms with Crippen LogP contribution in [0.2, 0.25) is 0 Å². The van der Waals surface area contributed by atoms with E-state index in [0.717, 1.165) is 16.0 Å². The first-order valence-electron chi connectivity index (χ1n) is 5.61. The van der Waals surface area contributed by atoms with E-state index in [4.69, 9.17) is 0 Å². The van der Waals surface area contributed by atoms with Crippen molar-refractivity contribution in [2.45, 2.75) is 9.84 Å². The standard InChI is InChI=1S/C12H13FN2O2S2/c1-2-7-14-8-11(13)19(16,17)12-15-9-5-3-4-6-10(9)18-12/h2-6,11,14H,1,7-8H2. The van der Waals surface area contributed by atoms with Gasteiger partial charge in [-0.05, 0) is 12.1 Å². The van der Waals surface area contributed by atoms with Crippen LogP contribution in [0.25, 0.3) is 10.2 Å². The van der Waals surface area contributed by atoms with E-state index in [1.54, 1.807) is 24.3 Å². The van der Waals surface area contributed by atoms with Crippen LogP contribution in [0.4, 0.5) is 4.39 Å². The summed E-state index contributed by atoms with van der Waals surface area (Å²) in [6.07, 6.45) is 1.54. The van der Waals surface area contributed by atoms with Crippen LogP contribution < -0.4 is 5.32 Å². The Morgan fingerprint density at radius 1 is 1.47 bits per heavy atom. The molecule has 0 radical (unpaired) electrons. The highest BCUT2D eigenvalue weighted by Crippen LogP contribution is 2.27. The average Bonchev–Trinajstić information content (AvgIpc) is 2.83. The molecule has 1 aromatic carbocycles. The highest BCUT2D eigenvalue weighted by molar-refractivity contribution is 7.93. The number of nitrogens with one attached hydrogen (secondary N) is 1. The predicted molar refractivity (Wildman–Crippen MR) is 74.8 cm³/mol. The van der Waals surface area contributed by atoms with Gasteiger partial charge in [-0.25, -0.2) is 17.8 Å². The second kappa shape index (κ2) is 5.77. The zero-order chi connectivity index (χ0) is 13.9. The second-order valence-electron chi connectivity index (χ2n) is 3.85. The van der Waals surface area contributed by atoms with E-state index in [2.05, 4.69) is 16.9 Å². The zero-order valence-electron chi connectivity index (χ0n) is 10.0. The predicted octanol–water partition coefficient (Wildman–Crippen LogP) is 2.14. The number of para-hydroxylation sites is 1. The molecule has 1 aromatic heterocycles. The molecule has 0 aliphatic heterocycles. The van der Waals surface area contributed by atoms with Gasteiger partial charge in [-0.2, -0.15) is 0 Å². The fraction of sp³-hybridized carbons (Fsp3) is 0.250. The van der Waals surface area contributed by atoms with Crippen LogP contribution in [0.3, 0.4) is 0 Å². The Labute approximate surface area is 114 Å². The Balaban J connectivity index is 2.25. The molecule has 7 heteroatoms. The lowest BCUT2D eigenvalue weighted by atomic mass is 10.3. The molecule has 1 atom stereocenters. The Morgan fingerprint density at radius 2 is 2.21 bits per heavy atom. The van der Waals surface area contributed by atoms with Gasteiger partial charge in [0.25, 0.3) is 0 Å². The van der Waals surface area contributed by atoms with Crippen LogP contribution in [0, 0.1) is 0 Å². The molecule has 0 saturated heterocycles. The summed E-state index contributed by atoms with van der Waals surface area (Å²) in [6.45, 7) is 3.55. The molecule has 1 unspecified atom stereocenters. The molecule has 0 amide bonds. The van der Waals surface area contributed by atoms with Crippen molar-refractivity contribution in [3.8, 4) is 0 Å². The van der Waals surface area contributed by atoms with Gasteiger partial charge in [-0.1, -0.05) is 18.2 Å². The molecular formula is C12H13FN2O2S2. The fourth-order valence-electron chi connectivity index (χ4n) is 1.49. The van der Waals surface area contributed by atoms with Crippen LogP contribution in [-0.4, -0.2) is 32.0 Å². The first-order valence-corrected chi connectivity index (χ1v) is 7.97. The van der Waals surface area contributed by atoms with Crippen LogP contribution in [-0.2, 0) is 9.84 Å². The van der Waals surface area contributed by atoms with Crippen LogP contribution in [0.1, 0.15) is 0 Å². The molecule has 0 saturated carbocycles. The lowest BCUT2D eigenvalue weighted by Gasteiger charge is -2.07. The summed E-state index contributed by atoms with van der Waals surface area (Å²) < 4.78 is 38.4. The minimum Gasteiger partial charge on any atom is -0.309 e. The van der Waals surface area contributed by atoms with Crippen molar-refractivity contribution < 1.29 is 12.8 Å². The Kier molecular flexibility index (Phi) is 4.28. The topological polar surface area (TPSA) is 59.1 Å². The highest BCUT2D eigenvalue weighted by atomic mass is 32.2. The lowest BCUT2D eigenvalue weighted by Crippen LogP contribution is -2.30. The van der Waals surface area contributed by atoms with Crippen molar-refractivity contribution in [3.63, 3.8) is 0 Å². The lowest BCUT2D eigenvalue weighted by molar-refractivity contribution is 0.404. The Hall–Kier alpha value is -1.31. The van der Waals surface area contributed by atoms with Gasteiger partial charge in [-0.3, -0.25) is 0 Å². The number of alkyl halides is 1. The fourth-order valence-corrected chi connectivity index (χ4v) is 4.02. The summed E-state index contributed by atoms with van der Waals surface area (Å²) in [6, 6.07) is 7.01. The maximum Gasteiger partial charge on any atom is 0.238 e. The molecule has 2 rings (SSSR count). The Bertz CT molecular complexity index is 649. The van der Waals surface area contributed by atoms with Gasteiger partial charge in [0, 0.05) is 13.1 Å². The van der Waals surface area contributed by atoms with Gasteiger partial charge in [0.1, 0.15) is 0 Å². The molecule has 19 heavy (non-hydrogen) atoms. The van der Waals surface area contributed by atoms with Crippen molar-refractivity contribution in [2.24, 2.45) is 0 Å². The molecule has 0 aliphatic carbocycles. The number of hydrogen-bond donors (Lipinski definition) is 1. The number of halogens is 1. The molecular weight excluding hydrogens is 287 g/mol. The minimum absolute atomic E-state index is 0.179. The third-order valence-electron chi connectivity index (χ3n) is 2.45. The van der Waals surface area contributed by atoms with E-state index >= 15 is 0 Å². The van der Waals surface area contributed by atoms with Crippen molar-refractivity contribution in [1.82, 2.24) is 10.3 Å². The summed E-state index contributed by atoms with van der Waals surface area (Å²) >= 11 is 0.985. The number of thiazole rings is 1. The zero-order valence-corrected chi connectivity index (χ0v) is 11.7. The van der Waals surface area contributed by atoms with E-state index in [1.165, 1.54) is 6.08 Å². The maximum absolute atomic E-state index is 13.8. The molecule has 1 heterocycles. The summed E-state index contributed by atoms with van der Waals surface area (Å²) in [5.74, 6) is 0. The summed E-state index contributed by atoms with van der Waals surface area (Å²) in [7, 11) is -4.04. The molecule has 1 N–H and O–H groups in total. The van der Waals surface area contributed by atoms with Gasteiger partial charge < -0.3 is 5.32 Å². The largest absolute Gasteiger partial charge is 0.309 e. The minimum atomic E-state index is -4.04. The summed E-state index contributed by atoms with van der Waals surface area (Å²) in [5, 5.41) is 2.65. The maximum atomic E-state index is 13.8. The normalized spacial score (nSPS) is 13.5. The van der Waals surface area contributed by atoms with Crippen LogP contribution in [0.15, 0.2) is 41.3 Å². The van der Waals surface area contributed by atoms with Gasteiger partial charge in [0.15, 0.2) is 0 Å². The molecule has 2 aromatic rings. The van der Waals surface area contributed by atoms with Crippen molar-refractivity contribution in [2.75, 3.05) is 13.1 Å². The van der Waals surface area contributed by atoms with Gasteiger partial charge >= 0.3 is 0 Å². The molecule has 102 valence electrons. The average molecular weight is 300 g/mol. The highest BCUT2D eigenvalue weighted by Gasteiger charge is 2.30. The third-order valence-corrected chi connectivity index (χ3v) is 5.64. The number of hydrogen-bond acceptors (Lipinski definition) is 5. The van der Waals surface area contributed by atoms with Crippen LogP contribution >= 0.6 is 11.3 Å². The number of aromatic nitrogens is 1. The molecule has 0 bridgehead atoms. The number of sulfone groups is 1. The number of benzene rings is 1. The number of fused-ring (bicyclic) bond motifs is 1. The van der Waals surface area contributed by atoms with E-state index < -0.39 is 15.3 Å².